The van der Waals surface area contributed by atoms with Crippen molar-refractivity contribution in [2.45, 2.75) is 39.4 Å². The number of aromatic nitrogens is 2. The zero-order valence-corrected chi connectivity index (χ0v) is 15.8. The van der Waals surface area contributed by atoms with Gasteiger partial charge in [-0.25, -0.2) is 4.98 Å². The number of morpholine rings is 1. The molecule has 0 spiro atoms. The van der Waals surface area contributed by atoms with Crippen molar-refractivity contribution < 1.29 is 9.53 Å². The van der Waals surface area contributed by atoms with Crippen LogP contribution in [0.4, 0.5) is 0 Å². The van der Waals surface area contributed by atoms with Gasteiger partial charge in [0, 0.05) is 57.9 Å². The van der Waals surface area contributed by atoms with E-state index in [2.05, 4.69) is 33.2 Å². The van der Waals surface area contributed by atoms with Gasteiger partial charge in [-0.3, -0.25) is 14.6 Å². The van der Waals surface area contributed by atoms with Gasteiger partial charge in [0.05, 0.1) is 25.5 Å². The van der Waals surface area contributed by atoms with Crippen LogP contribution in [-0.2, 0) is 29.0 Å². The third-order valence-corrected chi connectivity index (χ3v) is 5.33. The van der Waals surface area contributed by atoms with Gasteiger partial charge in [0.15, 0.2) is 0 Å². The Labute approximate surface area is 150 Å². The molecule has 0 N–H and O–H groups in total. The summed E-state index contributed by atoms with van der Waals surface area (Å²) in [6.45, 7) is 11.6. The molecule has 1 aromatic heterocycles. The molecule has 0 saturated carbocycles. The van der Waals surface area contributed by atoms with Crippen molar-refractivity contribution in [1.29, 1.82) is 0 Å². The van der Waals surface area contributed by atoms with Gasteiger partial charge in [-0.05, 0) is 20.9 Å². The number of likely N-dealkylation sites (N-methyl/N-ethyl adjacent to an activating group) is 1. The van der Waals surface area contributed by atoms with Crippen molar-refractivity contribution in [2.24, 2.45) is 0 Å². The van der Waals surface area contributed by atoms with Gasteiger partial charge in [0.2, 0.25) is 5.91 Å². The van der Waals surface area contributed by atoms with Crippen molar-refractivity contribution >= 4 is 5.91 Å². The number of hydrogen-bond acceptors (Lipinski definition) is 5. The van der Waals surface area contributed by atoms with Crippen LogP contribution in [0, 0.1) is 0 Å². The Morgan fingerprint density at radius 3 is 2.72 bits per heavy atom. The van der Waals surface area contributed by atoms with Crippen molar-refractivity contribution in [3.63, 3.8) is 0 Å². The molecule has 2 aliphatic heterocycles. The van der Waals surface area contributed by atoms with Crippen molar-refractivity contribution in [1.82, 2.24) is 24.3 Å². The maximum absolute atomic E-state index is 12.6. The highest BCUT2D eigenvalue weighted by Gasteiger charge is 2.23. The second kappa shape index (κ2) is 8.29. The van der Waals surface area contributed by atoms with Crippen LogP contribution < -0.4 is 0 Å². The van der Waals surface area contributed by atoms with Crippen LogP contribution in [0.5, 0.6) is 0 Å². The van der Waals surface area contributed by atoms with Crippen LogP contribution in [0.25, 0.3) is 0 Å². The first-order chi connectivity index (χ1) is 12.0. The molecule has 1 fully saturated rings. The number of carbonyl (C=O) groups excluding carboxylic acids is 1. The molecule has 25 heavy (non-hydrogen) atoms. The average Bonchev–Trinajstić information content (AvgIpc) is 2.85. The topological polar surface area (TPSA) is 53.8 Å². The second-order valence-electron chi connectivity index (χ2n) is 7.35. The second-order valence-corrected chi connectivity index (χ2v) is 7.35. The normalized spacial score (nSPS) is 19.3. The first-order valence-electron chi connectivity index (χ1n) is 9.36. The van der Waals surface area contributed by atoms with Crippen LogP contribution in [0.2, 0.25) is 0 Å². The summed E-state index contributed by atoms with van der Waals surface area (Å²) in [5, 5.41) is 0. The lowest BCUT2D eigenvalue weighted by atomic mass is 10.3. The molecule has 1 amide bonds. The Kier molecular flexibility index (Phi) is 6.09. The predicted molar refractivity (Wildman–Crippen MR) is 96.4 cm³/mol. The highest BCUT2D eigenvalue weighted by atomic mass is 16.5. The van der Waals surface area contributed by atoms with Crippen LogP contribution in [-0.4, -0.2) is 89.2 Å². The van der Waals surface area contributed by atoms with Gasteiger partial charge in [-0.15, -0.1) is 0 Å². The fraction of sp³-hybridized carbons (Fsp3) is 0.778. The van der Waals surface area contributed by atoms with Crippen molar-refractivity contribution in [3.8, 4) is 0 Å². The van der Waals surface area contributed by atoms with Gasteiger partial charge >= 0.3 is 0 Å². The standard InChI is InChI=1S/C18H31N5O2/c1-15(2)20(3)14-18(24)22-5-4-17-19-12-16(23(17)7-6-22)13-21-8-10-25-11-9-21/h12,15H,4-11,13-14H2,1-3H3. The average molecular weight is 349 g/mol. The van der Waals surface area contributed by atoms with E-state index < -0.39 is 0 Å². The highest BCUT2D eigenvalue weighted by molar-refractivity contribution is 5.78. The van der Waals surface area contributed by atoms with E-state index in [4.69, 9.17) is 4.74 Å². The van der Waals surface area contributed by atoms with E-state index in [1.54, 1.807) is 0 Å². The number of carbonyl (C=O) groups is 1. The van der Waals surface area contributed by atoms with Crippen LogP contribution in [0.15, 0.2) is 6.20 Å². The number of nitrogens with zero attached hydrogens (tertiary/aromatic N) is 5. The monoisotopic (exact) mass is 349 g/mol. The largest absolute Gasteiger partial charge is 0.379 e. The molecule has 7 nitrogen and oxygen atoms in total. The van der Waals surface area contributed by atoms with Crippen LogP contribution in [0.3, 0.4) is 0 Å². The molecule has 1 aromatic rings. The van der Waals surface area contributed by atoms with Crippen LogP contribution >= 0.6 is 0 Å². The minimum atomic E-state index is 0.219. The highest BCUT2D eigenvalue weighted by Crippen LogP contribution is 2.15. The van der Waals surface area contributed by atoms with Crippen LogP contribution in [0.1, 0.15) is 25.4 Å². The van der Waals surface area contributed by atoms with E-state index >= 15 is 0 Å². The Bertz CT molecular complexity index is 580. The van der Waals surface area contributed by atoms with Crippen molar-refractivity contribution in [2.75, 3.05) is 53.0 Å². The first kappa shape index (κ1) is 18.4. The molecule has 3 rings (SSSR count). The van der Waals surface area contributed by atoms with E-state index in [0.29, 0.717) is 12.6 Å². The maximum atomic E-state index is 12.6. The summed E-state index contributed by atoms with van der Waals surface area (Å²) in [5.41, 5.74) is 1.26. The van der Waals surface area contributed by atoms with Gasteiger partial charge in [-0.2, -0.15) is 0 Å². The number of fused-ring (bicyclic) bond motifs is 1. The summed E-state index contributed by atoms with van der Waals surface area (Å²) in [5.74, 6) is 1.33. The van der Waals surface area contributed by atoms with E-state index in [0.717, 1.165) is 64.7 Å². The maximum Gasteiger partial charge on any atom is 0.236 e. The number of hydrogen-bond donors (Lipinski definition) is 0. The molecule has 0 aliphatic carbocycles. The summed E-state index contributed by atoms with van der Waals surface area (Å²) < 4.78 is 7.74. The quantitative estimate of drug-likeness (QED) is 0.772. The molecular weight excluding hydrogens is 318 g/mol. The zero-order chi connectivity index (χ0) is 17.8. The molecule has 0 unspecified atom stereocenters. The number of imidazole rings is 1. The third-order valence-electron chi connectivity index (χ3n) is 5.33. The Hall–Kier alpha value is -1.44. The molecular formula is C18H31N5O2. The van der Waals surface area contributed by atoms with Gasteiger partial charge < -0.3 is 14.2 Å². The van der Waals surface area contributed by atoms with E-state index in [-0.39, 0.29) is 5.91 Å². The molecule has 7 heteroatoms. The van der Waals surface area contributed by atoms with E-state index in [9.17, 15) is 4.79 Å². The number of rotatable bonds is 5. The van der Waals surface area contributed by atoms with E-state index in [1.165, 1.54) is 5.69 Å². The lowest BCUT2D eigenvalue weighted by molar-refractivity contribution is -0.132. The SMILES string of the molecule is CC(C)N(C)CC(=O)N1CCc2ncc(CN3CCOCC3)n2CC1. The molecule has 0 aromatic carbocycles. The summed E-state index contributed by atoms with van der Waals surface area (Å²) in [6.07, 6.45) is 2.84. The number of ether oxygens (including phenoxy) is 1. The molecule has 140 valence electrons. The fourth-order valence-electron chi connectivity index (χ4n) is 3.35. The smallest absolute Gasteiger partial charge is 0.236 e. The van der Waals surface area contributed by atoms with E-state index in [1.807, 2.05) is 18.1 Å². The Morgan fingerprint density at radius 2 is 2.00 bits per heavy atom. The Balaban J connectivity index is 1.59. The van der Waals surface area contributed by atoms with Crippen molar-refractivity contribution in [3.05, 3.63) is 17.7 Å². The van der Waals surface area contributed by atoms with Gasteiger partial charge in [0.25, 0.3) is 0 Å². The first-order valence-corrected chi connectivity index (χ1v) is 9.36. The summed E-state index contributed by atoms with van der Waals surface area (Å²) in [4.78, 5) is 23.7. The lowest BCUT2D eigenvalue weighted by Gasteiger charge is -2.27. The molecule has 0 radical (unpaired) electrons. The third kappa shape index (κ3) is 4.59. The predicted octanol–water partition coefficient (Wildman–Crippen LogP) is 0.440. The summed E-state index contributed by atoms with van der Waals surface area (Å²) in [7, 11) is 2.01. The molecule has 3 heterocycles. The summed E-state index contributed by atoms with van der Waals surface area (Å²) >= 11 is 0. The minimum absolute atomic E-state index is 0.219. The fourth-order valence-corrected chi connectivity index (χ4v) is 3.35. The lowest BCUT2D eigenvalue weighted by Crippen LogP contribution is -2.42. The summed E-state index contributed by atoms with van der Waals surface area (Å²) in [6, 6.07) is 0.381. The molecule has 2 aliphatic rings. The minimum Gasteiger partial charge on any atom is -0.379 e. The Morgan fingerprint density at radius 1 is 1.24 bits per heavy atom. The molecule has 0 bridgehead atoms. The zero-order valence-electron chi connectivity index (χ0n) is 15.8. The van der Waals surface area contributed by atoms with Gasteiger partial charge in [-0.1, -0.05) is 0 Å². The molecule has 0 atom stereocenters. The van der Waals surface area contributed by atoms with Gasteiger partial charge in [0.1, 0.15) is 5.82 Å². The molecule has 1 saturated heterocycles. The number of amides is 1.